The highest BCUT2D eigenvalue weighted by atomic mass is 19.1. The first-order valence-electron chi connectivity index (χ1n) is 9.11. The Labute approximate surface area is 156 Å². The Kier molecular flexibility index (Phi) is 5.18. The molecule has 1 N–H and O–H groups in total. The Bertz CT molecular complexity index is 852. The maximum Gasteiger partial charge on any atom is 0.135 e. The van der Waals surface area contributed by atoms with E-state index in [1.165, 1.54) is 17.7 Å². The second-order valence-corrected chi connectivity index (χ2v) is 6.98. The number of rotatable bonds is 6. The molecule has 4 rings (SSSR count). The van der Waals surface area contributed by atoms with Crippen LogP contribution in [0.3, 0.4) is 0 Å². The Morgan fingerprint density at radius 3 is 3.04 bits per heavy atom. The van der Waals surface area contributed by atoms with Gasteiger partial charge < -0.3 is 9.47 Å². The number of likely N-dealkylation sites (tertiary alicyclic amines) is 1. The van der Waals surface area contributed by atoms with E-state index in [0.29, 0.717) is 11.4 Å². The molecule has 1 aromatic heterocycles. The summed E-state index contributed by atoms with van der Waals surface area (Å²) in [7, 11) is 0. The van der Waals surface area contributed by atoms with Gasteiger partial charge in [-0.1, -0.05) is 5.21 Å². The van der Waals surface area contributed by atoms with E-state index in [4.69, 9.17) is 9.47 Å². The fourth-order valence-corrected chi connectivity index (χ4v) is 3.59. The van der Waals surface area contributed by atoms with Crippen molar-refractivity contribution in [3.05, 3.63) is 46.9 Å². The van der Waals surface area contributed by atoms with Crippen LogP contribution in [0, 0.1) is 11.6 Å². The molecule has 144 valence electrons. The Hall–Kier alpha value is -2.32. The van der Waals surface area contributed by atoms with Crippen LogP contribution in [0.2, 0.25) is 0 Å². The van der Waals surface area contributed by atoms with Crippen molar-refractivity contribution < 1.29 is 18.3 Å². The number of halogens is 2. The summed E-state index contributed by atoms with van der Waals surface area (Å²) in [5, 5.41) is 10.5. The van der Waals surface area contributed by atoms with Gasteiger partial charge >= 0.3 is 0 Å². The van der Waals surface area contributed by atoms with Crippen molar-refractivity contribution in [2.75, 3.05) is 26.2 Å². The smallest absolute Gasteiger partial charge is 0.135 e. The summed E-state index contributed by atoms with van der Waals surface area (Å²) < 4.78 is 38.7. The van der Waals surface area contributed by atoms with Gasteiger partial charge in [0.1, 0.15) is 17.3 Å². The number of allylic oxidation sites excluding steroid dienone is 1. The maximum absolute atomic E-state index is 14.0. The molecule has 1 unspecified atom stereocenters. The van der Waals surface area contributed by atoms with Crippen molar-refractivity contribution in [2.45, 2.75) is 32.5 Å². The van der Waals surface area contributed by atoms with Gasteiger partial charge in [0.05, 0.1) is 30.8 Å². The predicted molar refractivity (Wildman–Crippen MR) is 94.6 cm³/mol. The summed E-state index contributed by atoms with van der Waals surface area (Å²) in [4.78, 5) is 2.37. The molecule has 2 aromatic rings. The van der Waals surface area contributed by atoms with E-state index in [1.807, 2.05) is 6.92 Å². The average Bonchev–Trinajstić information content (AvgIpc) is 3.36. The summed E-state index contributed by atoms with van der Waals surface area (Å²) in [6.07, 6.45) is 2.04. The molecule has 0 radical (unpaired) electrons. The van der Waals surface area contributed by atoms with E-state index < -0.39 is 11.6 Å². The molecule has 27 heavy (non-hydrogen) atoms. The van der Waals surface area contributed by atoms with Crippen molar-refractivity contribution in [3.8, 4) is 11.3 Å². The number of benzene rings is 1. The minimum absolute atomic E-state index is 0.0995. The van der Waals surface area contributed by atoms with Gasteiger partial charge in [-0.25, -0.2) is 8.78 Å². The SMILES string of the molecule is CC1=C(CN2CCC(OCc3[nH]nnc3-c3ccc(F)cc3F)C2)CCO1. The molecule has 0 spiro atoms. The first kappa shape index (κ1) is 18.1. The van der Waals surface area contributed by atoms with Gasteiger partial charge in [0.25, 0.3) is 0 Å². The number of nitrogens with zero attached hydrogens (tertiary/aromatic N) is 3. The Morgan fingerprint density at radius 2 is 2.26 bits per heavy atom. The second kappa shape index (κ2) is 7.74. The summed E-state index contributed by atoms with van der Waals surface area (Å²) in [6, 6.07) is 3.41. The van der Waals surface area contributed by atoms with E-state index >= 15 is 0 Å². The third-order valence-electron chi connectivity index (χ3n) is 5.13. The van der Waals surface area contributed by atoms with E-state index in [2.05, 4.69) is 20.3 Å². The molecule has 0 amide bonds. The molecular formula is C19H22F2N4O2. The normalized spacial score (nSPS) is 20.5. The van der Waals surface area contributed by atoms with E-state index in [9.17, 15) is 8.78 Å². The molecule has 1 aromatic carbocycles. The molecule has 2 aliphatic rings. The zero-order valence-electron chi connectivity index (χ0n) is 15.2. The largest absolute Gasteiger partial charge is 0.498 e. The van der Waals surface area contributed by atoms with Gasteiger partial charge in [-0.15, -0.1) is 5.10 Å². The molecule has 6 nitrogen and oxygen atoms in total. The fourth-order valence-electron chi connectivity index (χ4n) is 3.59. The summed E-state index contributed by atoms with van der Waals surface area (Å²) in [5.74, 6) is -0.241. The lowest BCUT2D eigenvalue weighted by Gasteiger charge is -2.17. The van der Waals surface area contributed by atoms with Crippen LogP contribution in [0.4, 0.5) is 8.78 Å². The van der Waals surface area contributed by atoms with Gasteiger partial charge in [-0.3, -0.25) is 10.00 Å². The third kappa shape index (κ3) is 4.01. The van der Waals surface area contributed by atoms with Crippen LogP contribution in [0.15, 0.2) is 29.5 Å². The number of hydrogen-bond donors (Lipinski definition) is 1. The topological polar surface area (TPSA) is 63.3 Å². The van der Waals surface area contributed by atoms with Crippen molar-refractivity contribution in [1.82, 2.24) is 20.3 Å². The minimum atomic E-state index is -0.667. The van der Waals surface area contributed by atoms with Crippen molar-refractivity contribution in [1.29, 1.82) is 0 Å². The van der Waals surface area contributed by atoms with Crippen LogP contribution in [-0.4, -0.2) is 52.7 Å². The van der Waals surface area contributed by atoms with Crippen molar-refractivity contribution >= 4 is 0 Å². The molecular weight excluding hydrogens is 354 g/mol. The van der Waals surface area contributed by atoms with Gasteiger partial charge in [0, 0.05) is 37.7 Å². The molecule has 2 aliphatic heterocycles. The van der Waals surface area contributed by atoms with Crippen LogP contribution in [-0.2, 0) is 16.1 Å². The highest BCUT2D eigenvalue weighted by Gasteiger charge is 2.26. The fraction of sp³-hybridized carbons (Fsp3) is 0.474. The minimum Gasteiger partial charge on any atom is -0.498 e. The highest BCUT2D eigenvalue weighted by Crippen LogP contribution is 2.26. The molecule has 1 atom stereocenters. The summed E-state index contributed by atoms with van der Waals surface area (Å²) in [5.41, 5.74) is 2.51. The highest BCUT2D eigenvalue weighted by molar-refractivity contribution is 5.61. The predicted octanol–water partition coefficient (Wildman–Crippen LogP) is 3.04. The molecule has 1 saturated heterocycles. The van der Waals surface area contributed by atoms with Crippen LogP contribution in [0.5, 0.6) is 0 Å². The average molecular weight is 376 g/mol. The number of hydrogen-bond acceptors (Lipinski definition) is 5. The maximum atomic E-state index is 14.0. The van der Waals surface area contributed by atoms with Gasteiger partial charge in [0.15, 0.2) is 0 Å². The lowest BCUT2D eigenvalue weighted by atomic mass is 10.1. The van der Waals surface area contributed by atoms with Gasteiger partial charge in [-0.2, -0.15) is 0 Å². The number of ether oxygens (including phenoxy) is 2. The van der Waals surface area contributed by atoms with Crippen LogP contribution >= 0.6 is 0 Å². The molecule has 0 saturated carbocycles. The third-order valence-corrected chi connectivity index (χ3v) is 5.13. The van der Waals surface area contributed by atoms with Gasteiger partial charge in [0.2, 0.25) is 0 Å². The molecule has 8 heteroatoms. The zero-order valence-corrected chi connectivity index (χ0v) is 15.2. The van der Waals surface area contributed by atoms with Gasteiger partial charge in [-0.05, 0) is 31.1 Å². The Balaban J connectivity index is 1.35. The van der Waals surface area contributed by atoms with E-state index in [-0.39, 0.29) is 18.3 Å². The second-order valence-electron chi connectivity index (χ2n) is 6.98. The monoisotopic (exact) mass is 376 g/mol. The van der Waals surface area contributed by atoms with Crippen molar-refractivity contribution in [3.63, 3.8) is 0 Å². The first-order chi connectivity index (χ1) is 13.1. The number of aromatic nitrogens is 3. The van der Waals surface area contributed by atoms with Crippen LogP contribution in [0.25, 0.3) is 11.3 Å². The van der Waals surface area contributed by atoms with E-state index in [0.717, 1.165) is 50.9 Å². The lowest BCUT2D eigenvalue weighted by molar-refractivity contribution is 0.0456. The first-order valence-corrected chi connectivity index (χ1v) is 9.11. The van der Waals surface area contributed by atoms with Crippen LogP contribution in [0.1, 0.15) is 25.5 Å². The molecule has 1 fully saturated rings. The number of nitrogens with one attached hydrogen (secondary N) is 1. The summed E-state index contributed by atoms with van der Waals surface area (Å²) in [6.45, 7) is 5.80. The lowest BCUT2D eigenvalue weighted by Crippen LogP contribution is -2.25. The molecule has 0 aliphatic carbocycles. The molecule has 3 heterocycles. The quantitative estimate of drug-likeness (QED) is 0.840. The van der Waals surface area contributed by atoms with Crippen molar-refractivity contribution in [2.24, 2.45) is 0 Å². The summed E-state index contributed by atoms with van der Waals surface area (Å²) >= 11 is 0. The van der Waals surface area contributed by atoms with E-state index in [1.54, 1.807) is 0 Å². The molecule has 0 bridgehead atoms. The van der Waals surface area contributed by atoms with Crippen LogP contribution < -0.4 is 0 Å². The Morgan fingerprint density at radius 1 is 1.37 bits per heavy atom. The number of H-pyrrole nitrogens is 1. The standard InChI is InChI=1S/C19H22F2N4O2/c1-12-13(5-7-26-12)9-25-6-4-15(10-25)27-11-18-19(23-24-22-18)16-3-2-14(20)8-17(16)21/h2-3,8,15H,4-7,9-11H2,1H3,(H,22,23,24). The number of aromatic amines is 1. The zero-order chi connectivity index (χ0) is 18.8.